The van der Waals surface area contributed by atoms with Crippen molar-refractivity contribution in [1.29, 1.82) is 0 Å². The number of hydrogen-bond donors (Lipinski definition) is 3. The lowest BCUT2D eigenvalue weighted by molar-refractivity contribution is -0.123. The number of hydrazine groups is 1. The minimum atomic E-state index is -0.447. The van der Waals surface area contributed by atoms with E-state index in [1.54, 1.807) is 6.08 Å². The molecule has 0 saturated heterocycles. The first-order chi connectivity index (χ1) is 15.8. The number of hydrogen-bond acceptors (Lipinski definition) is 4. The van der Waals surface area contributed by atoms with E-state index in [9.17, 15) is 9.59 Å². The van der Waals surface area contributed by atoms with Gasteiger partial charge >= 0.3 is 0 Å². The van der Waals surface area contributed by atoms with E-state index in [0.717, 1.165) is 26.4 Å². The zero-order chi connectivity index (χ0) is 23.8. The van der Waals surface area contributed by atoms with Gasteiger partial charge in [-0.1, -0.05) is 62.4 Å². The average Bonchev–Trinajstić information content (AvgIpc) is 2.80. The molecule has 0 heterocycles. The Labute approximate surface area is 206 Å². The maximum atomic E-state index is 12.2. The van der Waals surface area contributed by atoms with E-state index in [-0.39, 0.29) is 11.7 Å². The molecule has 0 spiro atoms. The SMILES string of the molecule is CC(C)c1ccc(OCC(=O)NNC(=S)NC(=O)C=Cc2cccc3ccccc23)c(Br)c1. The second kappa shape index (κ2) is 11.6. The van der Waals surface area contributed by atoms with Gasteiger partial charge in [0.15, 0.2) is 11.7 Å². The summed E-state index contributed by atoms with van der Waals surface area (Å²) in [6, 6.07) is 19.5. The minimum absolute atomic E-state index is 0.0293. The van der Waals surface area contributed by atoms with Gasteiger partial charge in [-0.05, 0) is 74.2 Å². The van der Waals surface area contributed by atoms with Crippen LogP contribution in [-0.2, 0) is 9.59 Å². The largest absolute Gasteiger partial charge is 0.483 e. The quantitative estimate of drug-likeness (QED) is 0.244. The number of thiocarbonyl (C=S) groups is 1. The molecule has 0 aromatic heterocycles. The number of nitrogens with one attached hydrogen (secondary N) is 3. The monoisotopic (exact) mass is 525 g/mol. The maximum absolute atomic E-state index is 12.2. The Hall–Kier alpha value is -3.23. The van der Waals surface area contributed by atoms with E-state index in [1.807, 2.05) is 60.7 Å². The first-order valence-corrected chi connectivity index (χ1v) is 11.5. The van der Waals surface area contributed by atoms with E-state index < -0.39 is 11.8 Å². The predicted octanol–water partition coefficient (Wildman–Crippen LogP) is 4.84. The Kier molecular flexibility index (Phi) is 8.57. The molecular weight excluding hydrogens is 502 g/mol. The number of carbonyl (C=O) groups excluding carboxylic acids is 2. The molecule has 0 aliphatic heterocycles. The number of benzene rings is 3. The van der Waals surface area contributed by atoms with Crippen molar-refractivity contribution in [3.8, 4) is 5.75 Å². The van der Waals surface area contributed by atoms with Crippen molar-refractivity contribution < 1.29 is 14.3 Å². The molecule has 3 aromatic rings. The van der Waals surface area contributed by atoms with Crippen LogP contribution in [0.15, 0.2) is 71.2 Å². The Morgan fingerprint density at radius 2 is 1.82 bits per heavy atom. The number of halogens is 1. The van der Waals surface area contributed by atoms with Crippen LogP contribution in [0, 0.1) is 0 Å². The average molecular weight is 526 g/mol. The van der Waals surface area contributed by atoms with Gasteiger partial charge in [-0.15, -0.1) is 0 Å². The highest BCUT2D eigenvalue weighted by Crippen LogP contribution is 2.28. The second-order valence-corrected chi connectivity index (χ2v) is 8.79. The third-order valence-electron chi connectivity index (χ3n) is 4.77. The molecule has 0 fully saturated rings. The molecule has 2 amide bonds. The lowest BCUT2D eigenvalue weighted by atomic mass is 10.0. The lowest BCUT2D eigenvalue weighted by Gasteiger charge is -2.12. The van der Waals surface area contributed by atoms with Gasteiger partial charge in [-0.25, -0.2) is 0 Å². The first-order valence-electron chi connectivity index (χ1n) is 10.3. The van der Waals surface area contributed by atoms with E-state index in [1.165, 1.54) is 6.08 Å². The number of amides is 2. The summed E-state index contributed by atoms with van der Waals surface area (Å²) in [6.07, 6.45) is 3.11. The van der Waals surface area contributed by atoms with Crippen molar-refractivity contribution >= 4 is 61.9 Å². The topological polar surface area (TPSA) is 79.5 Å². The zero-order valence-electron chi connectivity index (χ0n) is 18.2. The highest BCUT2D eigenvalue weighted by Gasteiger charge is 2.09. The van der Waals surface area contributed by atoms with Crippen LogP contribution in [0.4, 0.5) is 0 Å². The van der Waals surface area contributed by atoms with Crippen molar-refractivity contribution in [2.75, 3.05) is 6.61 Å². The highest BCUT2D eigenvalue weighted by atomic mass is 79.9. The fraction of sp³-hybridized carbons (Fsp3) is 0.160. The molecule has 33 heavy (non-hydrogen) atoms. The van der Waals surface area contributed by atoms with Gasteiger partial charge < -0.3 is 4.74 Å². The molecule has 3 N–H and O–H groups in total. The van der Waals surface area contributed by atoms with E-state index in [4.69, 9.17) is 17.0 Å². The lowest BCUT2D eigenvalue weighted by Crippen LogP contribution is -2.49. The van der Waals surface area contributed by atoms with Crippen molar-refractivity contribution in [2.45, 2.75) is 19.8 Å². The minimum Gasteiger partial charge on any atom is -0.483 e. The third kappa shape index (κ3) is 7.13. The molecular formula is C25H24BrN3O3S. The fourth-order valence-electron chi connectivity index (χ4n) is 3.05. The molecule has 3 aromatic carbocycles. The molecule has 0 atom stereocenters. The number of rotatable bonds is 6. The molecule has 0 unspecified atom stereocenters. The maximum Gasteiger partial charge on any atom is 0.276 e. The highest BCUT2D eigenvalue weighted by molar-refractivity contribution is 9.10. The van der Waals surface area contributed by atoms with Crippen molar-refractivity contribution in [1.82, 2.24) is 16.2 Å². The van der Waals surface area contributed by atoms with Crippen LogP contribution in [0.2, 0.25) is 0 Å². The first kappa shape index (κ1) is 24.4. The van der Waals surface area contributed by atoms with Crippen LogP contribution in [0.25, 0.3) is 16.8 Å². The van der Waals surface area contributed by atoms with Gasteiger partial charge in [-0.3, -0.25) is 25.8 Å². The summed E-state index contributed by atoms with van der Waals surface area (Å²) < 4.78 is 6.30. The van der Waals surface area contributed by atoms with Gasteiger partial charge in [0.2, 0.25) is 5.91 Å². The van der Waals surface area contributed by atoms with Gasteiger partial charge in [0.25, 0.3) is 5.91 Å². The normalized spacial score (nSPS) is 10.9. The third-order valence-corrected chi connectivity index (χ3v) is 5.60. The van der Waals surface area contributed by atoms with Gasteiger partial charge in [-0.2, -0.15) is 0 Å². The molecule has 0 aliphatic carbocycles. The summed E-state index contributed by atoms with van der Waals surface area (Å²) in [5, 5.41) is 4.59. The molecule has 170 valence electrons. The summed E-state index contributed by atoms with van der Waals surface area (Å²) in [7, 11) is 0. The standard InChI is InChI=1S/C25H24BrN3O3S/c1-16(2)19-10-12-22(21(26)14-19)32-15-24(31)28-29-25(33)27-23(30)13-11-18-8-5-7-17-6-3-4-9-20(17)18/h3-14,16H,15H2,1-2H3,(H,28,31)(H2,27,29,30,33). The number of fused-ring (bicyclic) bond motifs is 1. The van der Waals surface area contributed by atoms with Crippen LogP contribution in [0.3, 0.4) is 0 Å². The summed E-state index contributed by atoms with van der Waals surface area (Å²) in [4.78, 5) is 24.2. The molecule has 0 saturated carbocycles. The molecule has 3 rings (SSSR count). The van der Waals surface area contributed by atoms with Gasteiger partial charge in [0.05, 0.1) is 4.47 Å². The molecule has 0 bridgehead atoms. The zero-order valence-corrected chi connectivity index (χ0v) is 20.6. The summed E-state index contributed by atoms with van der Waals surface area (Å²) in [6.45, 7) is 3.98. The van der Waals surface area contributed by atoms with E-state index in [2.05, 4.69) is 45.9 Å². The Morgan fingerprint density at radius 1 is 1.06 bits per heavy atom. The van der Waals surface area contributed by atoms with Crippen LogP contribution in [0.1, 0.15) is 30.9 Å². The number of carbonyl (C=O) groups is 2. The second-order valence-electron chi connectivity index (χ2n) is 7.53. The number of ether oxygens (including phenoxy) is 1. The van der Waals surface area contributed by atoms with Crippen molar-refractivity contribution in [2.24, 2.45) is 0 Å². The van der Waals surface area contributed by atoms with Crippen LogP contribution in [0.5, 0.6) is 5.75 Å². The summed E-state index contributed by atoms with van der Waals surface area (Å²) in [5.74, 6) is 0.0859. The molecule has 6 nitrogen and oxygen atoms in total. The van der Waals surface area contributed by atoms with Crippen LogP contribution < -0.4 is 20.9 Å². The Morgan fingerprint density at radius 3 is 2.58 bits per heavy atom. The van der Waals surface area contributed by atoms with Gasteiger partial charge in [0, 0.05) is 6.08 Å². The molecule has 0 radical (unpaired) electrons. The van der Waals surface area contributed by atoms with Gasteiger partial charge in [0.1, 0.15) is 5.75 Å². The molecule has 8 heteroatoms. The van der Waals surface area contributed by atoms with Crippen LogP contribution >= 0.6 is 28.1 Å². The van der Waals surface area contributed by atoms with Crippen LogP contribution in [-0.4, -0.2) is 23.5 Å². The summed E-state index contributed by atoms with van der Waals surface area (Å²) >= 11 is 8.51. The Bertz CT molecular complexity index is 1210. The summed E-state index contributed by atoms with van der Waals surface area (Å²) in [5.41, 5.74) is 6.97. The van der Waals surface area contributed by atoms with Crippen molar-refractivity contribution in [3.05, 3.63) is 82.3 Å². The Balaban J connectivity index is 1.44. The fourth-order valence-corrected chi connectivity index (χ4v) is 3.71. The molecule has 0 aliphatic rings. The van der Waals surface area contributed by atoms with Crippen molar-refractivity contribution in [3.63, 3.8) is 0 Å². The predicted molar refractivity (Wildman–Crippen MR) is 139 cm³/mol. The van der Waals surface area contributed by atoms with E-state index in [0.29, 0.717) is 11.7 Å². The smallest absolute Gasteiger partial charge is 0.276 e. The van der Waals surface area contributed by atoms with E-state index >= 15 is 0 Å².